The number of nitrogens with zero attached hydrogens (tertiary/aromatic N) is 4. The Bertz CT molecular complexity index is 1650. The molecule has 180 valence electrons. The van der Waals surface area contributed by atoms with Crippen LogP contribution in [0.15, 0.2) is 54.9 Å². The Labute approximate surface area is 210 Å². The zero-order valence-corrected chi connectivity index (χ0v) is 21.5. The number of aromatic amines is 1. The van der Waals surface area contributed by atoms with Crippen molar-refractivity contribution in [2.45, 2.75) is 38.0 Å². The van der Waals surface area contributed by atoms with Crippen molar-refractivity contribution in [2.24, 2.45) is 0 Å². The predicted octanol–water partition coefficient (Wildman–Crippen LogP) is 6.72. The predicted molar refractivity (Wildman–Crippen MR) is 145 cm³/mol. The minimum absolute atomic E-state index is 0.266. The molecule has 1 saturated carbocycles. The maximum Gasteiger partial charge on any atom is 0.123 e. The van der Waals surface area contributed by atoms with Crippen LogP contribution in [0.4, 0.5) is 4.39 Å². The van der Waals surface area contributed by atoms with Crippen molar-refractivity contribution in [3.63, 3.8) is 0 Å². The second-order valence-electron chi connectivity index (χ2n) is 10.1. The number of aromatic nitrogens is 4. The largest absolute Gasteiger partial charge is 0.312 e. The van der Waals surface area contributed by atoms with Crippen LogP contribution in [-0.4, -0.2) is 33.1 Å². The molecule has 3 aromatic heterocycles. The van der Waals surface area contributed by atoms with Crippen molar-refractivity contribution in [3.8, 4) is 22.9 Å². The van der Waals surface area contributed by atoms with Crippen LogP contribution in [0.2, 0.25) is 0 Å². The second-order valence-corrected chi connectivity index (χ2v) is 12.3. The van der Waals surface area contributed by atoms with Crippen LogP contribution in [0.5, 0.6) is 0 Å². The molecule has 7 heteroatoms. The zero-order valence-electron chi connectivity index (χ0n) is 20.6. The monoisotopic (exact) mass is 495 g/mol. The highest BCUT2D eigenvalue weighted by Gasteiger charge is 2.44. The molecule has 5 aromatic rings. The third-order valence-electron chi connectivity index (χ3n) is 7.61. The van der Waals surface area contributed by atoms with Crippen LogP contribution >= 0.6 is 7.92 Å². The van der Waals surface area contributed by atoms with E-state index in [9.17, 15) is 9.65 Å². The van der Waals surface area contributed by atoms with Gasteiger partial charge in [0.1, 0.15) is 5.82 Å². The van der Waals surface area contributed by atoms with Crippen LogP contribution in [0, 0.1) is 24.1 Å². The molecule has 0 aliphatic heterocycles. The highest BCUT2D eigenvalue weighted by atomic mass is 31.1. The Balaban J connectivity index is 1.77. The summed E-state index contributed by atoms with van der Waals surface area (Å²) < 4.78 is 16.2. The van der Waals surface area contributed by atoms with Crippen molar-refractivity contribution < 1.29 is 4.39 Å². The van der Waals surface area contributed by atoms with Gasteiger partial charge in [0.15, 0.2) is 0 Å². The van der Waals surface area contributed by atoms with Gasteiger partial charge in [0, 0.05) is 51.3 Å². The molecule has 1 aliphatic rings. The molecule has 36 heavy (non-hydrogen) atoms. The second kappa shape index (κ2) is 8.54. The molecule has 1 N–H and O–H groups in total. The highest BCUT2D eigenvalue weighted by molar-refractivity contribution is 7.63. The van der Waals surface area contributed by atoms with Crippen molar-refractivity contribution >= 4 is 35.2 Å². The fraction of sp³-hybridized carbons (Fsp3) is 0.276. The molecule has 1 fully saturated rings. The molecule has 1 aliphatic carbocycles. The first kappa shape index (κ1) is 22.9. The number of nitriles is 1. The highest BCUT2D eigenvalue weighted by Crippen LogP contribution is 2.53. The maximum atomic E-state index is 14.0. The normalized spacial score (nSPS) is 14.9. The van der Waals surface area contributed by atoms with Gasteiger partial charge < -0.3 is 4.57 Å². The summed E-state index contributed by atoms with van der Waals surface area (Å²) in [5.41, 5.74) is 8.24. The molecule has 5 nitrogen and oxygen atoms in total. The summed E-state index contributed by atoms with van der Waals surface area (Å²) in [5.74, 6) is -0.268. The molecule has 0 unspecified atom stereocenters. The van der Waals surface area contributed by atoms with Gasteiger partial charge in [-0.3, -0.25) is 10.1 Å². The molecule has 0 spiro atoms. The minimum atomic E-state index is -0.320. The fourth-order valence-electron chi connectivity index (χ4n) is 5.80. The number of hydrogen-bond acceptors (Lipinski definition) is 3. The van der Waals surface area contributed by atoms with Crippen molar-refractivity contribution in [2.75, 3.05) is 13.3 Å². The van der Waals surface area contributed by atoms with Crippen LogP contribution in [0.3, 0.4) is 0 Å². The molecule has 2 aromatic carbocycles. The number of pyridine rings is 1. The van der Waals surface area contributed by atoms with Crippen molar-refractivity contribution in [1.29, 1.82) is 5.26 Å². The molecule has 0 amide bonds. The van der Waals surface area contributed by atoms with Gasteiger partial charge in [-0.05, 0) is 81.1 Å². The third kappa shape index (κ3) is 3.45. The van der Waals surface area contributed by atoms with E-state index in [4.69, 9.17) is 4.98 Å². The molecule has 3 heterocycles. The summed E-state index contributed by atoms with van der Waals surface area (Å²) >= 11 is 0. The Kier molecular flexibility index (Phi) is 5.43. The lowest BCUT2D eigenvalue weighted by atomic mass is 9.63. The van der Waals surface area contributed by atoms with Crippen molar-refractivity contribution in [3.05, 3.63) is 71.9 Å². The number of nitrogens with one attached hydrogen (secondary N) is 1. The van der Waals surface area contributed by atoms with Crippen LogP contribution in [0.1, 0.15) is 36.9 Å². The van der Waals surface area contributed by atoms with Gasteiger partial charge in [-0.2, -0.15) is 10.4 Å². The van der Waals surface area contributed by atoms with E-state index in [1.807, 2.05) is 24.5 Å². The zero-order chi connectivity index (χ0) is 25.0. The van der Waals surface area contributed by atoms with E-state index in [2.05, 4.69) is 59.3 Å². The van der Waals surface area contributed by atoms with Gasteiger partial charge >= 0.3 is 0 Å². The van der Waals surface area contributed by atoms with E-state index < -0.39 is 0 Å². The van der Waals surface area contributed by atoms with E-state index in [0.29, 0.717) is 6.42 Å². The number of aryl methyl sites for hydroxylation is 1. The first-order chi connectivity index (χ1) is 17.4. The number of fused-ring (bicyclic) bond motifs is 2. The summed E-state index contributed by atoms with van der Waals surface area (Å²) in [6, 6.07) is 15.7. The van der Waals surface area contributed by atoms with Gasteiger partial charge in [-0.15, -0.1) is 0 Å². The van der Waals surface area contributed by atoms with Gasteiger partial charge in [-0.1, -0.05) is 14.3 Å². The van der Waals surface area contributed by atoms with Gasteiger partial charge in [0.05, 0.1) is 28.7 Å². The number of hydrogen-bond donors (Lipinski definition) is 1. The van der Waals surface area contributed by atoms with Gasteiger partial charge in [0.25, 0.3) is 0 Å². The van der Waals surface area contributed by atoms with E-state index in [0.717, 1.165) is 69.0 Å². The fourth-order valence-corrected chi connectivity index (χ4v) is 6.86. The molecule has 0 bridgehead atoms. The van der Waals surface area contributed by atoms with Crippen LogP contribution in [-0.2, 0) is 5.41 Å². The molecular formula is C29H27FN5P. The first-order valence-electron chi connectivity index (χ1n) is 12.2. The first-order valence-corrected chi connectivity index (χ1v) is 14.4. The van der Waals surface area contributed by atoms with Crippen molar-refractivity contribution in [1.82, 2.24) is 19.7 Å². The average Bonchev–Trinajstić information content (AvgIpc) is 3.42. The standard InChI is InChI=1S/C29H27FN5P/c1-18-13-20(16-32-28(18)36(2)3)26-23-15-24-19(17-33-34-24)14-25(23)35(22-7-5-21(30)6-8-22)27(26)29(11-12-31)9-4-10-29/h5-8,13-17H,4,9-11H2,1-3H3,(H,33,34). The molecule has 0 radical (unpaired) electrons. The number of benzene rings is 2. The summed E-state index contributed by atoms with van der Waals surface area (Å²) in [5, 5.41) is 19.4. The topological polar surface area (TPSA) is 70.3 Å². The quantitative estimate of drug-likeness (QED) is 0.275. The molecule has 0 saturated heterocycles. The number of halogens is 1. The molecular weight excluding hydrogens is 468 g/mol. The Morgan fingerprint density at radius 3 is 2.56 bits per heavy atom. The summed E-state index contributed by atoms with van der Waals surface area (Å²) in [4.78, 5) is 4.90. The number of H-pyrrole nitrogens is 1. The van der Waals surface area contributed by atoms with Gasteiger partial charge in [-0.25, -0.2) is 4.39 Å². The Morgan fingerprint density at radius 1 is 1.14 bits per heavy atom. The molecule has 0 atom stereocenters. The third-order valence-corrected chi connectivity index (χ3v) is 8.92. The van der Waals surface area contributed by atoms with Crippen LogP contribution in [0.25, 0.3) is 38.6 Å². The lowest BCUT2D eigenvalue weighted by Crippen LogP contribution is -2.36. The van der Waals surface area contributed by atoms with E-state index in [1.165, 1.54) is 17.7 Å². The smallest absolute Gasteiger partial charge is 0.123 e. The Hall–Kier alpha value is -3.55. The number of rotatable bonds is 5. The van der Waals surface area contributed by atoms with E-state index in [1.54, 1.807) is 0 Å². The summed E-state index contributed by atoms with van der Waals surface area (Å²) in [7, 11) is -0.320. The summed E-state index contributed by atoms with van der Waals surface area (Å²) in [6.07, 6.45) is 7.25. The maximum absolute atomic E-state index is 14.0. The minimum Gasteiger partial charge on any atom is -0.312 e. The lowest BCUT2D eigenvalue weighted by molar-refractivity contribution is 0.240. The van der Waals surface area contributed by atoms with E-state index in [-0.39, 0.29) is 19.2 Å². The molecule has 6 rings (SSSR count). The SMILES string of the molecule is Cc1cc(-c2c(C3(CC#N)CCC3)n(-c3ccc(F)cc3)c3cc4cn[nH]c4cc23)cnc1P(C)C. The van der Waals surface area contributed by atoms with E-state index >= 15 is 0 Å². The average molecular weight is 496 g/mol. The van der Waals surface area contributed by atoms with Gasteiger partial charge in [0.2, 0.25) is 0 Å². The van der Waals surface area contributed by atoms with Crippen LogP contribution < -0.4 is 5.44 Å². The lowest BCUT2D eigenvalue weighted by Gasteiger charge is -2.42. The Morgan fingerprint density at radius 2 is 1.92 bits per heavy atom. The summed E-state index contributed by atoms with van der Waals surface area (Å²) in [6.45, 7) is 6.58.